The van der Waals surface area contributed by atoms with Crippen LogP contribution in [0.25, 0.3) is 0 Å². The summed E-state index contributed by atoms with van der Waals surface area (Å²) in [6.45, 7) is 7.27. The van der Waals surface area contributed by atoms with Gasteiger partial charge in [0.25, 0.3) is 5.91 Å². The molecule has 2 aliphatic heterocycles. The number of hydrogen-bond acceptors (Lipinski definition) is 5. The third-order valence-electron chi connectivity index (χ3n) is 6.66. The molecule has 0 atom stereocenters. The van der Waals surface area contributed by atoms with Crippen LogP contribution in [0.3, 0.4) is 0 Å². The van der Waals surface area contributed by atoms with Crippen LogP contribution >= 0.6 is 0 Å². The van der Waals surface area contributed by atoms with Crippen LogP contribution in [0.1, 0.15) is 70.3 Å². The molecule has 7 nitrogen and oxygen atoms in total. The van der Waals surface area contributed by atoms with Crippen molar-refractivity contribution in [2.24, 2.45) is 5.41 Å². The van der Waals surface area contributed by atoms with Gasteiger partial charge in [0, 0.05) is 26.3 Å². The van der Waals surface area contributed by atoms with E-state index in [2.05, 4.69) is 5.32 Å². The van der Waals surface area contributed by atoms with Gasteiger partial charge < -0.3 is 14.8 Å². The molecule has 4 rings (SSSR count). The van der Waals surface area contributed by atoms with Crippen molar-refractivity contribution in [1.82, 2.24) is 15.1 Å². The summed E-state index contributed by atoms with van der Waals surface area (Å²) >= 11 is 0. The molecule has 1 spiro atoms. The number of fused-ring (bicyclic) bond motifs is 1. The third-order valence-corrected chi connectivity index (χ3v) is 6.66. The average Bonchev–Trinajstić information content (AvgIpc) is 3.07. The first kappa shape index (κ1) is 22.5. The van der Waals surface area contributed by atoms with Crippen LogP contribution in [-0.4, -0.2) is 48.0 Å². The van der Waals surface area contributed by atoms with Crippen LogP contribution < -0.4 is 5.32 Å². The lowest BCUT2D eigenvalue weighted by Gasteiger charge is -2.36. The number of rotatable bonds is 7. The quantitative estimate of drug-likeness (QED) is 0.528. The van der Waals surface area contributed by atoms with Gasteiger partial charge in [-0.3, -0.25) is 9.48 Å². The Hall–Kier alpha value is -2.67. The minimum atomic E-state index is -0.284. The molecular formula is C25H33N3O4. The Kier molecular flexibility index (Phi) is 6.94. The van der Waals surface area contributed by atoms with Gasteiger partial charge in [0.1, 0.15) is 0 Å². The first-order valence-corrected chi connectivity index (χ1v) is 11.7. The maximum absolute atomic E-state index is 12.9. The van der Waals surface area contributed by atoms with Gasteiger partial charge >= 0.3 is 5.97 Å². The molecule has 2 aromatic rings. The molecule has 1 saturated heterocycles. The Balaban J connectivity index is 1.39. The van der Waals surface area contributed by atoms with Gasteiger partial charge in [-0.2, -0.15) is 5.10 Å². The first-order chi connectivity index (χ1) is 15.5. The summed E-state index contributed by atoms with van der Waals surface area (Å²) in [6.07, 6.45) is 5.06. The van der Waals surface area contributed by atoms with Crippen LogP contribution in [0, 0.1) is 12.3 Å². The molecule has 7 heteroatoms. The topological polar surface area (TPSA) is 82.5 Å². The second-order valence-electron chi connectivity index (χ2n) is 9.03. The highest BCUT2D eigenvalue weighted by atomic mass is 16.5. The van der Waals surface area contributed by atoms with Crippen molar-refractivity contribution in [3.8, 4) is 0 Å². The highest BCUT2D eigenvalue weighted by Crippen LogP contribution is 2.37. The van der Waals surface area contributed by atoms with Gasteiger partial charge in [-0.1, -0.05) is 24.6 Å². The number of benzene rings is 1. The number of nitrogens with zero attached hydrogens (tertiary/aromatic N) is 2. The SMILES string of the molecule is CCc1nn(CCCCOC(=O)c2cccc(C)c2)c2c1C(=O)NCC1(CCOCC1)C2. The van der Waals surface area contributed by atoms with Crippen LogP contribution in [0.4, 0.5) is 0 Å². The van der Waals surface area contributed by atoms with Crippen molar-refractivity contribution in [1.29, 1.82) is 0 Å². The second kappa shape index (κ2) is 9.86. The first-order valence-electron chi connectivity index (χ1n) is 11.7. The van der Waals surface area contributed by atoms with E-state index in [0.29, 0.717) is 25.3 Å². The molecule has 0 bridgehead atoms. The highest BCUT2D eigenvalue weighted by molar-refractivity contribution is 5.97. The van der Waals surface area contributed by atoms with Crippen molar-refractivity contribution in [3.63, 3.8) is 0 Å². The smallest absolute Gasteiger partial charge is 0.338 e. The van der Waals surface area contributed by atoms with Gasteiger partial charge in [0.2, 0.25) is 0 Å². The van der Waals surface area contributed by atoms with E-state index >= 15 is 0 Å². The molecule has 1 N–H and O–H groups in total. The molecular weight excluding hydrogens is 406 g/mol. The summed E-state index contributed by atoms with van der Waals surface area (Å²) in [4.78, 5) is 25.1. The van der Waals surface area contributed by atoms with E-state index in [0.717, 1.165) is 74.3 Å². The lowest BCUT2D eigenvalue weighted by molar-refractivity contribution is 0.0152. The fraction of sp³-hybridized carbons (Fsp3) is 0.560. The summed E-state index contributed by atoms with van der Waals surface area (Å²) < 4.78 is 13.0. The van der Waals surface area contributed by atoms with Crippen molar-refractivity contribution in [2.75, 3.05) is 26.4 Å². The number of hydrogen-bond donors (Lipinski definition) is 1. The fourth-order valence-electron chi connectivity index (χ4n) is 4.74. The van der Waals surface area contributed by atoms with Crippen LogP contribution in [-0.2, 0) is 28.9 Å². The number of aromatic nitrogens is 2. The normalized spacial score (nSPS) is 17.5. The Labute approximate surface area is 189 Å². The molecule has 3 heterocycles. The van der Waals surface area contributed by atoms with Crippen molar-refractivity contribution in [2.45, 2.75) is 58.9 Å². The van der Waals surface area contributed by atoms with E-state index in [-0.39, 0.29) is 17.3 Å². The number of amides is 1. The van der Waals surface area contributed by atoms with E-state index in [1.165, 1.54) is 0 Å². The molecule has 32 heavy (non-hydrogen) atoms. The summed E-state index contributed by atoms with van der Waals surface area (Å²) in [7, 11) is 0. The van der Waals surface area contributed by atoms with E-state index in [1.54, 1.807) is 6.07 Å². The van der Waals surface area contributed by atoms with Gasteiger partial charge in [0.15, 0.2) is 0 Å². The lowest BCUT2D eigenvalue weighted by atomic mass is 9.76. The predicted molar refractivity (Wildman–Crippen MR) is 121 cm³/mol. The van der Waals surface area contributed by atoms with Gasteiger partial charge in [0.05, 0.1) is 29.1 Å². The summed E-state index contributed by atoms with van der Waals surface area (Å²) in [5.74, 6) is -0.286. The number of ether oxygens (including phenoxy) is 2. The molecule has 0 radical (unpaired) electrons. The summed E-state index contributed by atoms with van der Waals surface area (Å²) in [6, 6.07) is 7.43. The standard InChI is InChI=1S/C25H33N3O4/c1-3-20-22-21(16-25(17-26-23(22)29)9-13-31-14-10-25)28(27-20)11-4-5-12-32-24(30)19-8-6-7-18(2)15-19/h6-8,15H,3-5,9-14,16-17H2,1-2H3,(H,26,29). The second-order valence-corrected chi connectivity index (χ2v) is 9.03. The van der Waals surface area contributed by atoms with Crippen LogP contribution in [0.5, 0.6) is 0 Å². The van der Waals surface area contributed by atoms with Crippen LogP contribution in [0.15, 0.2) is 24.3 Å². The molecule has 1 fully saturated rings. The van der Waals surface area contributed by atoms with Crippen molar-refractivity contribution >= 4 is 11.9 Å². The molecule has 2 aliphatic rings. The number of nitrogens with one attached hydrogen (secondary N) is 1. The van der Waals surface area contributed by atoms with Gasteiger partial charge in [-0.05, 0) is 63.0 Å². The van der Waals surface area contributed by atoms with Crippen molar-refractivity contribution in [3.05, 3.63) is 52.3 Å². The minimum Gasteiger partial charge on any atom is -0.462 e. The largest absolute Gasteiger partial charge is 0.462 e. The number of unbranched alkanes of at least 4 members (excludes halogenated alkanes) is 1. The zero-order valence-corrected chi connectivity index (χ0v) is 19.1. The minimum absolute atomic E-state index is 0.00134. The summed E-state index contributed by atoms with van der Waals surface area (Å²) in [5.41, 5.74) is 4.36. The molecule has 172 valence electrons. The molecule has 0 unspecified atom stereocenters. The van der Waals surface area contributed by atoms with E-state index < -0.39 is 0 Å². The lowest BCUT2D eigenvalue weighted by Crippen LogP contribution is -2.40. The number of esters is 1. The Morgan fingerprint density at radius 3 is 2.84 bits per heavy atom. The van der Waals surface area contributed by atoms with E-state index in [9.17, 15) is 9.59 Å². The zero-order valence-electron chi connectivity index (χ0n) is 19.1. The number of aryl methyl sites for hydroxylation is 3. The molecule has 1 aromatic carbocycles. The van der Waals surface area contributed by atoms with Crippen molar-refractivity contribution < 1.29 is 19.1 Å². The maximum Gasteiger partial charge on any atom is 0.338 e. The highest BCUT2D eigenvalue weighted by Gasteiger charge is 2.39. The number of carbonyl (C=O) groups is 2. The summed E-state index contributed by atoms with van der Waals surface area (Å²) in [5, 5.41) is 7.94. The third kappa shape index (κ3) is 4.88. The van der Waals surface area contributed by atoms with E-state index in [4.69, 9.17) is 14.6 Å². The molecule has 0 aliphatic carbocycles. The Morgan fingerprint density at radius 1 is 1.28 bits per heavy atom. The number of carbonyl (C=O) groups excluding carboxylic acids is 2. The maximum atomic E-state index is 12.9. The van der Waals surface area contributed by atoms with Crippen LogP contribution in [0.2, 0.25) is 0 Å². The van der Waals surface area contributed by atoms with E-state index in [1.807, 2.05) is 36.7 Å². The molecule has 0 saturated carbocycles. The Bertz CT molecular complexity index is 976. The Morgan fingerprint density at radius 2 is 2.09 bits per heavy atom. The predicted octanol–water partition coefficient (Wildman–Crippen LogP) is 3.47. The van der Waals surface area contributed by atoms with Gasteiger partial charge in [-0.25, -0.2) is 4.79 Å². The average molecular weight is 440 g/mol. The zero-order chi connectivity index (χ0) is 22.6. The fourth-order valence-corrected chi connectivity index (χ4v) is 4.74. The monoisotopic (exact) mass is 439 g/mol. The van der Waals surface area contributed by atoms with Gasteiger partial charge in [-0.15, -0.1) is 0 Å². The molecule has 1 aromatic heterocycles. The molecule has 1 amide bonds.